The van der Waals surface area contributed by atoms with Crippen LogP contribution in [0.15, 0.2) is 42.5 Å². The van der Waals surface area contributed by atoms with Gasteiger partial charge in [0.15, 0.2) is 0 Å². The standard InChI is InChI=1S/C19H23N3O5S/c1-5-18(19(23)20-15-7-6-8-16(12-15)22(24)25)21(28(4,26)27)17-10-13(2)9-14(3)11-17/h6-12,18H,5H2,1-4H3,(H,20,23)/t18-/m1/s1. The lowest BCUT2D eigenvalue weighted by atomic mass is 10.1. The molecule has 1 amide bonds. The van der Waals surface area contributed by atoms with Crippen molar-refractivity contribution in [2.24, 2.45) is 0 Å². The summed E-state index contributed by atoms with van der Waals surface area (Å²) in [6.07, 6.45) is 1.27. The van der Waals surface area contributed by atoms with E-state index in [-0.39, 0.29) is 17.8 Å². The van der Waals surface area contributed by atoms with Crippen molar-refractivity contribution in [3.05, 3.63) is 63.7 Å². The number of benzene rings is 2. The third kappa shape index (κ3) is 5.07. The zero-order valence-electron chi connectivity index (χ0n) is 16.2. The monoisotopic (exact) mass is 405 g/mol. The Morgan fingerprint density at radius 1 is 1.18 bits per heavy atom. The predicted molar refractivity (Wildman–Crippen MR) is 109 cm³/mol. The normalized spacial score (nSPS) is 12.3. The number of carbonyl (C=O) groups is 1. The van der Waals surface area contributed by atoms with Gasteiger partial charge >= 0.3 is 0 Å². The lowest BCUT2D eigenvalue weighted by Gasteiger charge is -2.30. The molecule has 0 spiro atoms. The zero-order valence-corrected chi connectivity index (χ0v) is 17.0. The smallest absolute Gasteiger partial charge is 0.271 e. The van der Waals surface area contributed by atoms with Crippen LogP contribution in [0.2, 0.25) is 0 Å². The number of nitrogens with zero attached hydrogens (tertiary/aromatic N) is 2. The Bertz CT molecular complexity index is 984. The highest BCUT2D eigenvalue weighted by Gasteiger charge is 2.32. The van der Waals surface area contributed by atoms with Crippen LogP contribution in [-0.2, 0) is 14.8 Å². The highest BCUT2D eigenvalue weighted by molar-refractivity contribution is 7.92. The molecule has 0 fully saturated rings. The Kier molecular flexibility index (Phi) is 6.40. The first-order valence-corrected chi connectivity index (χ1v) is 10.5. The summed E-state index contributed by atoms with van der Waals surface area (Å²) < 4.78 is 26.1. The van der Waals surface area contributed by atoms with E-state index in [1.807, 2.05) is 19.9 Å². The molecule has 2 aromatic carbocycles. The Morgan fingerprint density at radius 3 is 2.29 bits per heavy atom. The molecule has 0 aliphatic carbocycles. The highest BCUT2D eigenvalue weighted by Crippen LogP contribution is 2.26. The number of carbonyl (C=O) groups excluding carboxylic acids is 1. The molecular formula is C19H23N3O5S. The van der Waals surface area contributed by atoms with Crippen molar-refractivity contribution in [1.82, 2.24) is 0 Å². The molecule has 0 aliphatic rings. The largest absolute Gasteiger partial charge is 0.324 e. The number of sulfonamides is 1. The molecule has 1 N–H and O–H groups in total. The fourth-order valence-electron chi connectivity index (χ4n) is 3.06. The number of nitrogens with one attached hydrogen (secondary N) is 1. The van der Waals surface area contributed by atoms with Crippen LogP contribution in [0.25, 0.3) is 0 Å². The van der Waals surface area contributed by atoms with E-state index in [0.29, 0.717) is 5.69 Å². The van der Waals surface area contributed by atoms with E-state index in [1.54, 1.807) is 19.1 Å². The lowest BCUT2D eigenvalue weighted by Crippen LogP contribution is -2.47. The van der Waals surface area contributed by atoms with Gasteiger partial charge < -0.3 is 5.32 Å². The third-order valence-corrected chi connectivity index (χ3v) is 5.30. The number of aryl methyl sites for hydroxylation is 2. The van der Waals surface area contributed by atoms with Crippen LogP contribution in [0.1, 0.15) is 24.5 Å². The Labute approximate surface area is 164 Å². The molecule has 0 radical (unpaired) electrons. The van der Waals surface area contributed by atoms with Crippen molar-refractivity contribution in [3.63, 3.8) is 0 Å². The molecule has 8 nitrogen and oxygen atoms in total. The maximum Gasteiger partial charge on any atom is 0.271 e. The fraction of sp³-hybridized carbons (Fsp3) is 0.316. The van der Waals surface area contributed by atoms with Crippen LogP contribution in [0.5, 0.6) is 0 Å². The minimum absolute atomic E-state index is 0.167. The first kappa shape index (κ1) is 21.4. The second kappa shape index (κ2) is 8.39. The van der Waals surface area contributed by atoms with Gasteiger partial charge in [0.25, 0.3) is 5.69 Å². The molecule has 0 saturated carbocycles. The van der Waals surface area contributed by atoms with E-state index in [9.17, 15) is 23.3 Å². The number of hydrogen-bond acceptors (Lipinski definition) is 5. The number of non-ortho nitro benzene ring substituents is 1. The molecule has 0 aromatic heterocycles. The predicted octanol–water partition coefficient (Wildman–Crippen LogP) is 3.39. The fourth-order valence-corrected chi connectivity index (χ4v) is 4.26. The van der Waals surface area contributed by atoms with Gasteiger partial charge in [-0.05, 0) is 49.6 Å². The topological polar surface area (TPSA) is 110 Å². The van der Waals surface area contributed by atoms with Gasteiger partial charge in [-0.3, -0.25) is 19.2 Å². The number of anilines is 2. The number of nitro benzene ring substituents is 1. The number of hydrogen-bond donors (Lipinski definition) is 1. The first-order valence-electron chi connectivity index (χ1n) is 8.66. The summed E-state index contributed by atoms with van der Waals surface area (Å²) in [5, 5.41) is 13.5. The highest BCUT2D eigenvalue weighted by atomic mass is 32.2. The van der Waals surface area contributed by atoms with Crippen molar-refractivity contribution in [3.8, 4) is 0 Å². The Morgan fingerprint density at radius 2 is 1.79 bits per heavy atom. The van der Waals surface area contributed by atoms with E-state index in [4.69, 9.17) is 0 Å². The minimum Gasteiger partial charge on any atom is -0.324 e. The lowest BCUT2D eigenvalue weighted by molar-refractivity contribution is -0.384. The molecule has 0 bridgehead atoms. The van der Waals surface area contributed by atoms with Crippen molar-refractivity contribution in [2.75, 3.05) is 15.9 Å². The van der Waals surface area contributed by atoms with Crippen LogP contribution in [0, 0.1) is 24.0 Å². The maximum absolute atomic E-state index is 12.9. The molecule has 9 heteroatoms. The van der Waals surface area contributed by atoms with Crippen molar-refractivity contribution >= 4 is 33.0 Å². The van der Waals surface area contributed by atoms with E-state index in [1.165, 1.54) is 24.3 Å². The van der Waals surface area contributed by atoms with E-state index >= 15 is 0 Å². The van der Waals surface area contributed by atoms with Crippen molar-refractivity contribution < 1.29 is 18.1 Å². The molecule has 0 saturated heterocycles. The van der Waals surface area contributed by atoms with Gasteiger partial charge in [0, 0.05) is 17.8 Å². The van der Waals surface area contributed by atoms with Crippen LogP contribution < -0.4 is 9.62 Å². The average Bonchev–Trinajstić information content (AvgIpc) is 2.57. The van der Waals surface area contributed by atoms with Gasteiger partial charge in [0.05, 0.1) is 16.9 Å². The molecule has 28 heavy (non-hydrogen) atoms. The summed E-state index contributed by atoms with van der Waals surface area (Å²) in [7, 11) is -3.76. The third-order valence-electron chi connectivity index (χ3n) is 4.12. The molecule has 2 rings (SSSR count). The Balaban J connectivity index is 2.42. The molecular weight excluding hydrogens is 382 g/mol. The number of amides is 1. The molecule has 0 aliphatic heterocycles. The number of nitro groups is 1. The average molecular weight is 405 g/mol. The SMILES string of the molecule is CC[C@H](C(=O)Nc1cccc([N+](=O)[O-])c1)N(c1cc(C)cc(C)c1)S(C)(=O)=O. The maximum atomic E-state index is 12.9. The van der Waals surface area contributed by atoms with E-state index in [2.05, 4.69) is 5.32 Å². The summed E-state index contributed by atoms with van der Waals surface area (Å²) in [6.45, 7) is 5.40. The van der Waals surface area contributed by atoms with Gasteiger partial charge in [0.2, 0.25) is 15.9 Å². The first-order chi connectivity index (χ1) is 13.0. The van der Waals surface area contributed by atoms with Gasteiger partial charge in [0.1, 0.15) is 6.04 Å². The zero-order chi connectivity index (χ0) is 21.1. The molecule has 1 atom stereocenters. The summed E-state index contributed by atoms with van der Waals surface area (Å²) >= 11 is 0. The quantitative estimate of drug-likeness (QED) is 0.561. The van der Waals surface area contributed by atoms with Crippen LogP contribution in [0.3, 0.4) is 0 Å². The second-order valence-corrected chi connectivity index (χ2v) is 8.48. The second-order valence-electron chi connectivity index (χ2n) is 6.63. The van der Waals surface area contributed by atoms with Gasteiger partial charge in [-0.1, -0.05) is 19.1 Å². The van der Waals surface area contributed by atoms with E-state index < -0.39 is 26.9 Å². The van der Waals surface area contributed by atoms with Crippen LogP contribution in [0.4, 0.5) is 17.1 Å². The number of rotatable bonds is 7. The van der Waals surface area contributed by atoms with Gasteiger partial charge in [-0.2, -0.15) is 0 Å². The molecule has 150 valence electrons. The minimum atomic E-state index is -3.76. The summed E-state index contributed by atoms with van der Waals surface area (Å²) in [4.78, 5) is 23.2. The summed E-state index contributed by atoms with van der Waals surface area (Å²) in [6, 6.07) is 9.82. The van der Waals surface area contributed by atoms with Gasteiger partial charge in [-0.25, -0.2) is 8.42 Å². The van der Waals surface area contributed by atoms with Crippen molar-refractivity contribution in [2.45, 2.75) is 33.2 Å². The van der Waals surface area contributed by atoms with Gasteiger partial charge in [-0.15, -0.1) is 0 Å². The molecule has 0 unspecified atom stereocenters. The van der Waals surface area contributed by atoms with Crippen LogP contribution in [-0.4, -0.2) is 31.5 Å². The summed E-state index contributed by atoms with van der Waals surface area (Å²) in [5.74, 6) is -0.562. The Hall–Kier alpha value is -2.94. The summed E-state index contributed by atoms with van der Waals surface area (Å²) in [5.41, 5.74) is 2.21. The molecule has 0 heterocycles. The molecule has 2 aromatic rings. The van der Waals surface area contributed by atoms with E-state index in [0.717, 1.165) is 21.7 Å². The van der Waals surface area contributed by atoms with Crippen molar-refractivity contribution in [1.29, 1.82) is 0 Å². The van der Waals surface area contributed by atoms with Crippen LogP contribution >= 0.6 is 0 Å².